The quantitative estimate of drug-likeness (QED) is 0.393. The van der Waals surface area contributed by atoms with Crippen LogP contribution in [0.5, 0.6) is 0 Å². The Morgan fingerprint density at radius 3 is 2.73 bits per heavy atom. The molecule has 6 heteroatoms. The standard InChI is InChI=1S/C16H13FN4S/c17-12-5-7-13(8-6-12)20-16(22)21-19-10-11-9-18-15-4-2-1-3-14(11)15/h1-10,18H,(H2,20,21,22)/b19-10-. The first-order chi connectivity index (χ1) is 10.7. The maximum atomic E-state index is 12.8. The number of nitrogens with one attached hydrogen (secondary N) is 3. The lowest BCUT2D eigenvalue weighted by molar-refractivity contribution is 0.628. The van der Waals surface area contributed by atoms with Crippen molar-refractivity contribution in [3.63, 3.8) is 0 Å². The van der Waals surface area contributed by atoms with E-state index in [4.69, 9.17) is 12.2 Å². The topological polar surface area (TPSA) is 52.2 Å². The zero-order chi connectivity index (χ0) is 15.4. The number of fused-ring (bicyclic) bond motifs is 1. The van der Waals surface area contributed by atoms with E-state index in [9.17, 15) is 4.39 Å². The average molecular weight is 312 g/mol. The summed E-state index contributed by atoms with van der Waals surface area (Å²) in [4.78, 5) is 3.17. The Hall–Kier alpha value is -2.73. The Labute approximate surface area is 132 Å². The molecular weight excluding hydrogens is 299 g/mol. The predicted octanol–water partition coefficient (Wildman–Crippen LogP) is 3.63. The largest absolute Gasteiger partial charge is 0.361 e. The molecule has 1 heterocycles. The van der Waals surface area contributed by atoms with Gasteiger partial charge in [-0.15, -0.1) is 0 Å². The highest BCUT2D eigenvalue weighted by Crippen LogP contribution is 2.15. The lowest BCUT2D eigenvalue weighted by Gasteiger charge is -2.06. The number of aromatic nitrogens is 1. The Bertz CT molecular complexity index is 824. The molecule has 0 saturated carbocycles. The summed E-state index contributed by atoms with van der Waals surface area (Å²) in [6, 6.07) is 13.9. The van der Waals surface area contributed by atoms with E-state index in [1.54, 1.807) is 18.3 Å². The van der Waals surface area contributed by atoms with E-state index in [1.165, 1.54) is 12.1 Å². The van der Waals surface area contributed by atoms with Crippen LogP contribution in [-0.2, 0) is 0 Å². The molecule has 22 heavy (non-hydrogen) atoms. The number of hydrogen-bond donors (Lipinski definition) is 3. The first-order valence-corrected chi connectivity index (χ1v) is 7.05. The molecule has 0 spiro atoms. The van der Waals surface area contributed by atoms with Crippen LogP contribution in [0, 0.1) is 5.82 Å². The van der Waals surface area contributed by atoms with Crippen LogP contribution in [0.3, 0.4) is 0 Å². The predicted molar refractivity (Wildman–Crippen MR) is 91.6 cm³/mol. The monoisotopic (exact) mass is 312 g/mol. The summed E-state index contributed by atoms with van der Waals surface area (Å²) in [7, 11) is 0. The molecule has 1 aromatic heterocycles. The summed E-state index contributed by atoms with van der Waals surface area (Å²) in [6.45, 7) is 0. The average Bonchev–Trinajstić information content (AvgIpc) is 2.93. The Morgan fingerprint density at radius 2 is 1.91 bits per heavy atom. The van der Waals surface area contributed by atoms with Crippen LogP contribution in [0.15, 0.2) is 59.8 Å². The highest BCUT2D eigenvalue weighted by atomic mass is 32.1. The number of hydrazone groups is 1. The minimum Gasteiger partial charge on any atom is -0.361 e. The normalized spacial score (nSPS) is 11.0. The molecule has 0 radical (unpaired) electrons. The highest BCUT2D eigenvalue weighted by molar-refractivity contribution is 7.80. The number of rotatable bonds is 3. The molecule has 4 nitrogen and oxygen atoms in total. The molecule has 0 fully saturated rings. The number of H-pyrrole nitrogens is 1. The van der Waals surface area contributed by atoms with Crippen molar-refractivity contribution in [2.75, 3.05) is 5.32 Å². The zero-order valence-corrected chi connectivity index (χ0v) is 12.3. The van der Waals surface area contributed by atoms with Gasteiger partial charge in [0.25, 0.3) is 0 Å². The van der Waals surface area contributed by atoms with Crippen molar-refractivity contribution in [1.82, 2.24) is 10.4 Å². The zero-order valence-electron chi connectivity index (χ0n) is 11.5. The molecular formula is C16H13FN4S. The molecule has 0 saturated heterocycles. The third kappa shape index (κ3) is 3.29. The van der Waals surface area contributed by atoms with Crippen molar-refractivity contribution in [3.8, 4) is 0 Å². The van der Waals surface area contributed by atoms with Crippen LogP contribution in [-0.4, -0.2) is 16.3 Å². The van der Waals surface area contributed by atoms with Gasteiger partial charge in [-0.2, -0.15) is 5.10 Å². The maximum Gasteiger partial charge on any atom is 0.191 e. The van der Waals surface area contributed by atoms with E-state index < -0.39 is 0 Å². The summed E-state index contributed by atoms with van der Waals surface area (Å²) in [5.41, 5.74) is 5.44. The molecule has 3 aromatic rings. The molecule has 0 unspecified atom stereocenters. The van der Waals surface area contributed by atoms with Crippen molar-refractivity contribution in [2.24, 2.45) is 5.10 Å². The van der Waals surface area contributed by atoms with Crippen LogP contribution in [0.25, 0.3) is 10.9 Å². The second-order valence-electron chi connectivity index (χ2n) is 4.62. The molecule has 2 aromatic carbocycles. The second-order valence-corrected chi connectivity index (χ2v) is 5.03. The van der Waals surface area contributed by atoms with Gasteiger partial charge in [0.2, 0.25) is 0 Å². The van der Waals surface area contributed by atoms with E-state index in [0.29, 0.717) is 10.8 Å². The van der Waals surface area contributed by atoms with Crippen LogP contribution in [0.4, 0.5) is 10.1 Å². The minimum atomic E-state index is -0.290. The lowest BCUT2D eigenvalue weighted by atomic mass is 10.2. The van der Waals surface area contributed by atoms with E-state index in [0.717, 1.165) is 16.5 Å². The van der Waals surface area contributed by atoms with Crippen molar-refractivity contribution in [2.45, 2.75) is 0 Å². The fourth-order valence-electron chi connectivity index (χ4n) is 2.05. The lowest BCUT2D eigenvalue weighted by Crippen LogP contribution is -2.23. The van der Waals surface area contributed by atoms with Crippen LogP contribution < -0.4 is 10.7 Å². The molecule has 3 rings (SSSR count). The number of benzene rings is 2. The fraction of sp³-hybridized carbons (Fsp3) is 0. The van der Waals surface area contributed by atoms with Crippen molar-refractivity contribution >= 4 is 40.1 Å². The first-order valence-electron chi connectivity index (χ1n) is 6.64. The van der Waals surface area contributed by atoms with Crippen molar-refractivity contribution in [1.29, 1.82) is 0 Å². The van der Waals surface area contributed by atoms with E-state index in [-0.39, 0.29) is 5.82 Å². The minimum absolute atomic E-state index is 0.290. The number of aromatic amines is 1. The Kier molecular flexibility index (Phi) is 4.11. The summed E-state index contributed by atoms with van der Waals surface area (Å²) in [6.07, 6.45) is 3.57. The van der Waals surface area contributed by atoms with Crippen LogP contribution in [0.2, 0.25) is 0 Å². The first kappa shape index (κ1) is 14.2. The van der Waals surface area contributed by atoms with Gasteiger partial charge in [-0.1, -0.05) is 18.2 Å². The summed E-state index contributed by atoms with van der Waals surface area (Å²) >= 11 is 5.12. The third-order valence-electron chi connectivity index (χ3n) is 3.09. The second kappa shape index (κ2) is 6.36. The number of halogens is 1. The highest BCUT2D eigenvalue weighted by Gasteiger charge is 2.00. The van der Waals surface area contributed by atoms with Gasteiger partial charge in [0.05, 0.1) is 6.21 Å². The van der Waals surface area contributed by atoms with Gasteiger partial charge in [-0.25, -0.2) is 4.39 Å². The third-order valence-corrected chi connectivity index (χ3v) is 3.29. The van der Waals surface area contributed by atoms with E-state index in [2.05, 4.69) is 20.8 Å². The summed E-state index contributed by atoms with van der Waals surface area (Å²) < 4.78 is 12.8. The fourth-order valence-corrected chi connectivity index (χ4v) is 2.22. The number of anilines is 1. The Morgan fingerprint density at radius 1 is 1.14 bits per heavy atom. The van der Waals surface area contributed by atoms with Gasteiger partial charge in [-0.3, -0.25) is 5.43 Å². The van der Waals surface area contributed by atoms with Gasteiger partial charge >= 0.3 is 0 Å². The van der Waals surface area contributed by atoms with Crippen LogP contribution >= 0.6 is 12.2 Å². The molecule has 110 valence electrons. The SMILES string of the molecule is Fc1ccc(NC(=S)N/N=C\c2c[nH]c3ccccc23)cc1. The molecule has 0 atom stereocenters. The smallest absolute Gasteiger partial charge is 0.191 e. The van der Waals surface area contributed by atoms with Gasteiger partial charge in [0.15, 0.2) is 5.11 Å². The van der Waals surface area contributed by atoms with Crippen molar-refractivity contribution in [3.05, 3.63) is 66.1 Å². The molecule has 0 aliphatic carbocycles. The van der Waals surface area contributed by atoms with Gasteiger partial charge in [0, 0.05) is 28.4 Å². The maximum absolute atomic E-state index is 12.8. The number of nitrogens with zero attached hydrogens (tertiary/aromatic N) is 1. The molecule has 0 amide bonds. The summed E-state index contributed by atoms with van der Waals surface area (Å²) in [5, 5.41) is 8.45. The number of hydrogen-bond acceptors (Lipinski definition) is 2. The molecule has 3 N–H and O–H groups in total. The molecule has 0 aliphatic heterocycles. The number of para-hydroxylation sites is 1. The van der Waals surface area contributed by atoms with Gasteiger partial charge < -0.3 is 10.3 Å². The Balaban J connectivity index is 1.62. The number of thiocarbonyl (C=S) groups is 1. The van der Waals surface area contributed by atoms with Gasteiger partial charge in [-0.05, 0) is 42.5 Å². The van der Waals surface area contributed by atoms with Gasteiger partial charge in [0.1, 0.15) is 5.82 Å². The van der Waals surface area contributed by atoms with Crippen LogP contribution in [0.1, 0.15) is 5.56 Å². The van der Waals surface area contributed by atoms with Crippen molar-refractivity contribution < 1.29 is 4.39 Å². The summed E-state index contributed by atoms with van der Waals surface area (Å²) in [5.74, 6) is -0.290. The van der Waals surface area contributed by atoms with E-state index >= 15 is 0 Å². The molecule has 0 bridgehead atoms. The van der Waals surface area contributed by atoms with E-state index in [1.807, 2.05) is 30.5 Å². The molecule has 0 aliphatic rings.